The van der Waals surface area contributed by atoms with Crippen molar-refractivity contribution in [2.75, 3.05) is 0 Å². The van der Waals surface area contributed by atoms with E-state index in [1.807, 2.05) is 25.1 Å². The highest BCUT2D eigenvalue weighted by atomic mass is 35.5. The van der Waals surface area contributed by atoms with Gasteiger partial charge in [-0.15, -0.1) is 0 Å². The fourth-order valence-electron chi connectivity index (χ4n) is 1.70. The van der Waals surface area contributed by atoms with E-state index in [2.05, 4.69) is 16.9 Å². The average molecular weight is 281 g/mol. The smallest absolute Gasteiger partial charge is 0.133 e. The predicted molar refractivity (Wildman–Crippen MR) is 76.2 cm³/mol. The third-order valence-electron chi connectivity index (χ3n) is 2.68. The van der Waals surface area contributed by atoms with Crippen molar-refractivity contribution < 1.29 is 0 Å². The summed E-state index contributed by atoms with van der Waals surface area (Å²) in [5.41, 5.74) is 2.84. The highest BCUT2D eigenvalue weighted by molar-refractivity contribution is 6.31. The van der Waals surface area contributed by atoms with Gasteiger partial charge in [-0.3, -0.25) is 0 Å². The molecule has 0 atom stereocenters. The molecule has 0 aliphatic heterocycles. The van der Waals surface area contributed by atoms with Crippen molar-refractivity contribution in [2.24, 2.45) is 0 Å². The van der Waals surface area contributed by atoms with Crippen LogP contribution in [0.5, 0.6) is 0 Å². The summed E-state index contributed by atoms with van der Waals surface area (Å²) in [6, 6.07) is 7.65. The molecule has 0 saturated heterocycles. The average Bonchev–Trinajstić information content (AvgIpc) is 2.32. The lowest BCUT2D eigenvalue weighted by atomic mass is 10.1. The Morgan fingerprint density at radius 3 is 2.56 bits per heavy atom. The first-order valence-corrected chi connectivity index (χ1v) is 6.65. The summed E-state index contributed by atoms with van der Waals surface area (Å²) in [6.45, 7) is 4.06. The van der Waals surface area contributed by atoms with E-state index in [0.717, 1.165) is 40.5 Å². The van der Waals surface area contributed by atoms with Crippen molar-refractivity contribution in [2.45, 2.75) is 26.7 Å². The minimum atomic E-state index is 0.472. The third kappa shape index (κ3) is 3.01. The highest BCUT2D eigenvalue weighted by Gasteiger charge is 2.06. The lowest BCUT2D eigenvalue weighted by Crippen LogP contribution is -1.97. The van der Waals surface area contributed by atoms with Crippen molar-refractivity contribution in [3.63, 3.8) is 0 Å². The number of hydrogen-bond donors (Lipinski definition) is 0. The van der Waals surface area contributed by atoms with Crippen LogP contribution in [-0.2, 0) is 6.42 Å². The Morgan fingerprint density at radius 2 is 1.89 bits per heavy atom. The normalized spacial score (nSPS) is 10.7. The summed E-state index contributed by atoms with van der Waals surface area (Å²) in [7, 11) is 0. The molecule has 18 heavy (non-hydrogen) atoms. The number of nitrogens with zero attached hydrogens (tertiary/aromatic N) is 2. The van der Waals surface area contributed by atoms with E-state index in [1.165, 1.54) is 0 Å². The number of benzene rings is 1. The van der Waals surface area contributed by atoms with Crippen LogP contribution >= 0.6 is 23.2 Å². The van der Waals surface area contributed by atoms with Crippen LogP contribution in [0, 0.1) is 6.92 Å². The van der Waals surface area contributed by atoms with Crippen molar-refractivity contribution in [1.29, 1.82) is 0 Å². The first-order chi connectivity index (χ1) is 8.60. The van der Waals surface area contributed by atoms with E-state index in [9.17, 15) is 0 Å². The molecule has 0 amide bonds. The van der Waals surface area contributed by atoms with Gasteiger partial charge in [0.25, 0.3) is 0 Å². The van der Waals surface area contributed by atoms with Crippen molar-refractivity contribution in [1.82, 2.24) is 9.97 Å². The molecule has 2 nitrogen and oxygen atoms in total. The molecule has 1 heterocycles. The Hall–Kier alpha value is -1.12. The van der Waals surface area contributed by atoms with Gasteiger partial charge in [-0.05, 0) is 25.0 Å². The summed E-state index contributed by atoms with van der Waals surface area (Å²) >= 11 is 12.2. The van der Waals surface area contributed by atoms with Gasteiger partial charge in [-0.25, -0.2) is 9.97 Å². The monoisotopic (exact) mass is 280 g/mol. The van der Waals surface area contributed by atoms with Crippen LogP contribution in [0.3, 0.4) is 0 Å². The van der Waals surface area contributed by atoms with Crippen LogP contribution in [0.1, 0.15) is 24.7 Å². The Bertz CT molecular complexity index is 568. The molecule has 2 rings (SSSR count). The van der Waals surface area contributed by atoms with E-state index < -0.39 is 0 Å². The van der Waals surface area contributed by atoms with Crippen LogP contribution in [0.4, 0.5) is 0 Å². The van der Waals surface area contributed by atoms with Gasteiger partial charge in [0.05, 0.1) is 5.69 Å². The molecule has 4 heteroatoms. The standard InChI is InChI=1S/C14H14Cl2N2/c1-3-4-14-17-12(8-13(16)18-14)10-6-5-9(2)11(15)7-10/h5-8H,3-4H2,1-2H3. The van der Waals surface area contributed by atoms with E-state index in [-0.39, 0.29) is 0 Å². The quantitative estimate of drug-likeness (QED) is 0.761. The molecular formula is C14H14Cl2N2. The molecule has 0 N–H and O–H groups in total. The molecule has 0 aliphatic rings. The van der Waals surface area contributed by atoms with Gasteiger partial charge in [0.2, 0.25) is 0 Å². The van der Waals surface area contributed by atoms with Crippen molar-refractivity contribution in [3.8, 4) is 11.3 Å². The fourth-order valence-corrected chi connectivity index (χ4v) is 2.08. The molecule has 1 aromatic heterocycles. The fraction of sp³-hybridized carbons (Fsp3) is 0.286. The first kappa shape index (κ1) is 13.3. The summed E-state index contributed by atoms with van der Waals surface area (Å²) in [5.74, 6) is 0.775. The van der Waals surface area contributed by atoms with Crippen LogP contribution in [-0.4, -0.2) is 9.97 Å². The zero-order valence-electron chi connectivity index (χ0n) is 10.4. The number of aryl methyl sites for hydroxylation is 2. The molecular weight excluding hydrogens is 267 g/mol. The summed E-state index contributed by atoms with van der Waals surface area (Å²) < 4.78 is 0. The minimum absolute atomic E-state index is 0.472. The highest BCUT2D eigenvalue weighted by Crippen LogP contribution is 2.25. The Labute approximate surface area is 117 Å². The van der Waals surface area contributed by atoms with Gasteiger partial charge in [-0.2, -0.15) is 0 Å². The van der Waals surface area contributed by atoms with E-state index in [0.29, 0.717) is 5.15 Å². The molecule has 0 unspecified atom stereocenters. The number of halogens is 2. The predicted octanol–water partition coefficient (Wildman–Crippen LogP) is 4.71. The minimum Gasteiger partial charge on any atom is -0.233 e. The van der Waals surface area contributed by atoms with Gasteiger partial charge in [-0.1, -0.05) is 42.3 Å². The van der Waals surface area contributed by atoms with Crippen molar-refractivity contribution in [3.05, 3.63) is 45.8 Å². The van der Waals surface area contributed by atoms with E-state index in [1.54, 1.807) is 6.07 Å². The molecule has 0 saturated carbocycles. The number of hydrogen-bond acceptors (Lipinski definition) is 2. The molecule has 0 fully saturated rings. The molecule has 0 bridgehead atoms. The third-order valence-corrected chi connectivity index (χ3v) is 3.28. The largest absolute Gasteiger partial charge is 0.233 e. The topological polar surface area (TPSA) is 25.8 Å². The van der Waals surface area contributed by atoms with Gasteiger partial charge in [0.1, 0.15) is 11.0 Å². The second kappa shape index (κ2) is 5.68. The Morgan fingerprint density at radius 1 is 1.11 bits per heavy atom. The van der Waals surface area contributed by atoms with Crippen LogP contribution < -0.4 is 0 Å². The number of aromatic nitrogens is 2. The molecule has 0 spiro atoms. The van der Waals surface area contributed by atoms with Gasteiger partial charge in [0.15, 0.2) is 0 Å². The zero-order chi connectivity index (χ0) is 13.1. The summed E-state index contributed by atoms with van der Waals surface area (Å²) in [4.78, 5) is 8.72. The lowest BCUT2D eigenvalue weighted by molar-refractivity contribution is 0.836. The van der Waals surface area contributed by atoms with Crippen LogP contribution in [0.25, 0.3) is 11.3 Å². The summed E-state index contributed by atoms with van der Waals surface area (Å²) in [6.07, 6.45) is 1.82. The molecule has 2 aromatic rings. The van der Waals surface area contributed by atoms with Crippen LogP contribution in [0.15, 0.2) is 24.3 Å². The van der Waals surface area contributed by atoms with E-state index in [4.69, 9.17) is 23.2 Å². The molecule has 94 valence electrons. The Balaban J connectivity index is 2.46. The maximum Gasteiger partial charge on any atom is 0.133 e. The summed E-state index contributed by atoms with van der Waals surface area (Å²) in [5, 5.41) is 1.21. The second-order valence-corrected chi connectivity index (χ2v) is 5.00. The van der Waals surface area contributed by atoms with Gasteiger partial charge >= 0.3 is 0 Å². The maximum atomic E-state index is 6.13. The first-order valence-electron chi connectivity index (χ1n) is 5.90. The number of rotatable bonds is 3. The maximum absolute atomic E-state index is 6.13. The van der Waals surface area contributed by atoms with Crippen LogP contribution in [0.2, 0.25) is 10.2 Å². The zero-order valence-corrected chi connectivity index (χ0v) is 11.9. The SMILES string of the molecule is CCCc1nc(Cl)cc(-c2ccc(C)c(Cl)c2)n1. The molecule has 0 radical (unpaired) electrons. The van der Waals surface area contributed by atoms with Gasteiger partial charge < -0.3 is 0 Å². The van der Waals surface area contributed by atoms with Gasteiger partial charge in [0, 0.05) is 23.1 Å². The molecule has 0 aliphatic carbocycles. The lowest BCUT2D eigenvalue weighted by Gasteiger charge is -2.06. The molecule has 1 aromatic carbocycles. The van der Waals surface area contributed by atoms with Crippen molar-refractivity contribution >= 4 is 23.2 Å². The second-order valence-electron chi connectivity index (χ2n) is 4.21. The van der Waals surface area contributed by atoms with E-state index >= 15 is 0 Å². The Kier molecular flexibility index (Phi) is 4.20.